The molecule has 2 aromatic rings. The lowest BCUT2D eigenvalue weighted by atomic mass is 10.2. The second kappa shape index (κ2) is 6.23. The normalized spacial score (nSPS) is 10.2. The third kappa shape index (κ3) is 3.69. The zero-order valence-electron chi connectivity index (χ0n) is 11.1. The van der Waals surface area contributed by atoms with Gasteiger partial charge in [0.2, 0.25) is 5.91 Å². The summed E-state index contributed by atoms with van der Waals surface area (Å²) in [5.41, 5.74) is 6.50. The Labute approximate surface area is 125 Å². The topological polar surface area (TPSA) is 115 Å². The van der Waals surface area contributed by atoms with Crippen LogP contribution in [0, 0.1) is 0 Å². The SMILES string of the molecule is CNC(=O)Cn1cc(NC(=O)c2cc(N)cnc2Cl)cn1. The van der Waals surface area contributed by atoms with E-state index in [2.05, 4.69) is 20.7 Å². The maximum atomic E-state index is 12.1. The van der Waals surface area contributed by atoms with Gasteiger partial charge in [0.15, 0.2) is 0 Å². The number of hydrogen-bond donors (Lipinski definition) is 3. The number of likely N-dealkylation sites (N-methyl/N-ethyl adjacent to an activating group) is 1. The van der Waals surface area contributed by atoms with Gasteiger partial charge in [-0.3, -0.25) is 14.3 Å². The van der Waals surface area contributed by atoms with E-state index < -0.39 is 5.91 Å². The molecule has 2 rings (SSSR count). The number of nitrogens with two attached hydrogens (primary N) is 1. The minimum absolute atomic E-state index is 0.0550. The Morgan fingerprint density at radius 2 is 2.19 bits per heavy atom. The summed E-state index contributed by atoms with van der Waals surface area (Å²) in [4.78, 5) is 27.1. The molecule has 2 amide bonds. The second-order valence-electron chi connectivity index (χ2n) is 4.16. The van der Waals surface area contributed by atoms with Crippen molar-refractivity contribution in [2.45, 2.75) is 6.54 Å². The number of anilines is 2. The molecule has 8 nitrogen and oxygen atoms in total. The number of aromatic nitrogens is 3. The smallest absolute Gasteiger partial charge is 0.258 e. The van der Waals surface area contributed by atoms with Gasteiger partial charge < -0.3 is 16.4 Å². The van der Waals surface area contributed by atoms with E-state index in [4.69, 9.17) is 17.3 Å². The van der Waals surface area contributed by atoms with Crippen molar-refractivity contribution in [2.75, 3.05) is 18.1 Å². The van der Waals surface area contributed by atoms with Crippen molar-refractivity contribution in [3.05, 3.63) is 35.4 Å². The summed E-state index contributed by atoms with van der Waals surface area (Å²) < 4.78 is 1.40. The number of carbonyl (C=O) groups excluding carboxylic acids is 2. The van der Waals surface area contributed by atoms with Crippen molar-refractivity contribution in [3.63, 3.8) is 0 Å². The maximum absolute atomic E-state index is 12.1. The molecular formula is C12H13ClN6O2. The summed E-state index contributed by atoms with van der Waals surface area (Å²) in [5.74, 6) is -0.654. The van der Waals surface area contributed by atoms with Crippen LogP contribution >= 0.6 is 11.6 Å². The number of pyridine rings is 1. The number of hydrogen-bond acceptors (Lipinski definition) is 5. The van der Waals surface area contributed by atoms with E-state index in [1.165, 1.54) is 36.4 Å². The lowest BCUT2D eigenvalue weighted by molar-refractivity contribution is -0.121. The van der Waals surface area contributed by atoms with Crippen LogP contribution in [0.4, 0.5) is 11.4 Å². The molecule has 2 aromatic heterocycles. The fourth-order valence-corrected chi connectivity index (χ4v) is 1.75. The monoisotopic (exact) mass is 308 g/mol. The first-order chi connectivity index (χ1) is 9.99. The average molecular weight is 309 g/mol. The molecule has 0 fully saturated rings. The fraction of sp³-hybridized carbons (Fsp3) is 0.167. The molecule has 110 valence electrons. The van der Waals surface area contributed by atoms with Crippen LogP contribution in [0.25, 0.3) is 0 Å². The maximum Gasteiger partial charge on any atom is 0.258 e. The van der Waals surface area contributed by atoms with Crippen LogP contribution in [0.5, 0.6) is 0 Å². The molecule has 0 spiro atoms. The molecule has 4 N–H and O–H groups in total. The highest BCUT2D eigenvalue weighted by molar-refractivity contribution is 6.33. The summed E-state index contributed by atoms with van der Waals surface area (Å²) in [5, 5.41) is 9.09. The molecule has 0 radical (unpaired) electrons. The number of nitrogens with one attached hydrogen (secondary N) is 2. The van der Waals surface area contributed by atoms with Gasteiger partial charge in [-0.2, -0.15) is 5.10 Å². The molecule has 0 aliphatic carbocycles. The molecule has 0 aromatic carbocycles. The summed E-state index contributed by atoms with van der Waals surface area (Å²) in [6.45, 7) is 0.0625. The number of nitrogens with zero attached hydrogens (tertiary/aromatic N) is 3. The van der Waals surface area contributed by atoms with Gasteiger partial charge in [0.1, 0.15) is 11.7 Å². The number of carbonyl (C=O) groups is 2. The van der Waals surface area contributed by atoms with Crippen LogP contribution in [0.15, 0.2) is 24.7 Å². The predicted octanol–water partition coefficient (Wildman–Crippen LogP) is 0.512. The Morgan fingerprint density at radius 3 is 2.90 bits per heavy atom. The standard InChI is InChI=1S/C12H13ClN6O2/c1-15-10(20)6-19-5-8(4-17-19)18-12(21)9-2-7(14)3-16-11(9)13/h2-5H,6,14H2,1H3,(H,15,20)(H,18,21). The van der Waals surface area contributed by atoms with E-state index >= 15 is 0 Å². The molecule has 0 atom stereocenters. The predicted molar refractivity (Wildman–Crippen MR) is 77.9 cm³/mol. The van der Waals surface area contributed by atoms with Gasteiger partial charge in [-0.15, -0.1) is 0 Å². The molecule has 0 aliphatic rings. The van der Waals surface area contributed by atoms with Crippen molar-refractivity contribution in [2.24, 2.45) is 0 Å². The van der Waals surface area contributed by atoms with Gasteiger partial charge in [-0.1, -0.05) is 11.6 Å². The van der Waals surface area contributed by atoms with Crippen LogP contribution in [0.2, 0.25) is 5.15 Å². The molecule has 0 saturated heterocycles. The van der Waals surface area contributed by atoms with Gasteiger partial charge in [-0.05, 0) is 6.07 Å². The van der Waals surface area contributed by atoms with Gasteiger partial charge >= 0.3 is 0 Å². The van der Waals surface area contributed by atoms with Crippen molar-refractivity contribution >= 4 is 34.8 Å². The largest absolute Gasteiger partial charge is 0.397 e. The lowest BCUT2D eigenvalue weighted by Gasteiger charge is -2.04. The Morgan fingerprint density at radius 1 is 1.43 bits per heavy atom. The van der Waals surface area contributed by atoms with E-state index in [9.17, 15) is 9.59 Å². The van der Waals surface area contributed by atoms with E-state index in [1.807, 2.05) is 0 Å². The number of halogens is 1. The minimum atomic E-state index is -0.459. The average Bonchev–Trinajstić information content (AvgIpc) is 2.88. The van der Waals surface area contributed by atoms with Gasteiger partial charge in [0.25, 0.3) is 5.91 Å². The zero-order valence-corrected chi connectivity index (χ0v) is 11.9. The quantitative estimate of drug-likeness (QED) is 0.712. The molecular weight excluding hydrogens is 296 g/mol. The Hall–Kier alpha value is -2.61. The third-order valence-electron chi connectivity index (χ3n) is 2.58. The van der Waals surface area contributed by atoms with Crippen LogP contribution < -0.4 is 16.4 Å². The third-order valence-corrected chi connectivity index (χ3v) is 2.88. The van der Waals surface area contributed by atoms with Gasteiger partial charge in [0, 0.05) is 13.2 Å². The summed E-state index contributed by atoms with van der Waals surface area (Å²) >= 11 is 5.85. The molecule has 0 saturated carbocycles. The fourth-order valence-electron chi connectivity index (χ4n) is 1.56. The van der Waals surface area contributed by atoms with Crippen molar-refractivity contribution in [1.82, 2.24) is 20.1 Å². The van der Waals surface area contributed by atoms with Crippen LogP contribution in [0.1, 0.15) is 10.4 Å². The van der Waals surface area contributed by atoms with Gasteiger partial charge in [0.05, 0.1) is 29.3 Å². The van der Waals surface area contributed by atoms with Crippen molar-refractivity contribution in [1.29, 1.82) is 0 Å². The highest BCUT2D eigenvalue weighted by atomic mass is 35.5. The van der Waals surface area contributed by atoms with E-state index in [-0.39, 0.29) is 23.2 Å². The molecule has 0 unspecified atom stereocenters. The van der Waals surface area contributed by atoms with E-state index in [0.29, 0.717) is 11.4 Å². The summed E-state index contributed by atoms with van der Waals surface area (Å²) in [6.07, 6.45) is 4.32. The minimum Gasteiger partial charge on any atom is -0.397 e. The first-order valence-electron chi connectivity index (χ1n) is 5.95. The Bertz CT molecular complexity index is 684. The molecule has 21 heavy (non-hydrogen) atoms. The summed E-state index contributed by atoms with van der Waals surface area (Å²) in [7, 11) is 1.53. The van der Waals surface area contributed by atoms with Crippen LogP contribution in [0.3, 0.4) is 0 Å². The first-order valence-corrected chi connectivity index (χ1v) is 6.33. The lowest BCUT2D eigenvalue weighted by Crippen LogP contribution is -2.23. The van der Waals surface area contributed by atoms with Crippen molar-refractivity contribution < 1.29 is 9.59 Å². The highest BCUT2D eigenvalue weighted by Gasteiger charge is 2.13. The molecule has 9 heteroatoms. The second-order valence-corrected chi connectivity index (χ2v) is 4.52. The molecule has 2 heterocycles. The number of nitrogen functional groups attached to an aromatic ring is 1. The Balaban J connectivity index is 2.09. The van der Waals surface area contributed by atoms with E-state index in [1.54, 1.807) is 0 Å². The Kier molecular flexibility index (Phi) is 4.39. The van der Waals surface area contributed by atoms with Crippen LogP contribution in [-0.4, -0.2) is 33.6 Å². The molecule has 0 aliphatic heterocycles. The van der Waals surface area contributed by atoms with Crippen molar-refractivity contribution in [3.8, 4) is 0 Å². The first kappa shape index (κ1) is 14.8. The van der Waals surface area contributed by atoms with Crippen LogP contribution in [-0.2, 0) is 11.3 Å². The summed E-state index contributed by atoms with van der Waals surface area (Å²) in [6, 6.07) is 1.43. The number of rotatable bonds is 4. The van der Waals surface area contributed by atoms with E-state index in [0.717, 1.165) is 0 Å². The highest BCUT2D eigenvalue weighted by Crippen LogP contribution is 2.17. The van der Waals surface area contributed by atoms with Gasteiger partial charge in [-0.25, -0.2) is 4.98 Å². The molecule has 0 bridgehead atoms. The zero-order chi connectivity index (χ0) is 15.4. The number of amides is 2.